The number of halogens is 2. The zero-order valence-electron chi connectivity index (χ0n) is 18.9. The summed E-state index contributed by atoms with van der Waals surface area (Å²) < 4.78 is 12.1. The Morgan fingerprint density at radius 3 is 2.43 bits per heavy atom. The number of methoxy groups -OCH3 is 1. The predicted molar refractivity (Wildman–Crippen MR) is 142 cm³/mol. The molecule has 0 heterocycles. The second kappa shape index (κ2) is 12.2. The minimum absolute atomic E-state index is 0.139. The molecule has 0 aliphatic heterocycles. The Hall–Kier alpha value is -3.61. The van der Waals surface area contributed by atoms with E-state index in [1.165, 1.54) is 6.08 Å². The first-order chi connectivity index (χ1) is 16.8. The van der Waals surface area contributed by atoms with Gasteiger partial charge in [-0.2, -0.15) is 5.26 Å². The van der Waals surface area contributed by atoms with Crippen LogP contribution < -0.4 is 20.1 Å². The van der Waals surface area contributed by atoms with Crippen molar-refractivity contribution in [1.82, 2.24) is 0 Å². The van der Waals surface area contributed by atoms with Gasteiger partial charge in [0.05, 0.1) is 11.6 Å². The highest BCUT2D eigenvalue weighted by atomic mass is 79.9. The van der Waals surface area contributed by atoms with Gasteiger partial charge in [0.25, 0.3) is 11.8 Å². The average Bonchev–Trinajstić information content (AvgIpc) is 2.82. The van der Waals surface area contributed by atoms with Crippen molar-refractivity contribution in [3.63, 3.8) is 0 Å². The first-order valence-corrected chi connectivity index (χ1v) is 11.9. The highest BCUT2D eigenvalue weighted by Crippen LogP contribution is 2.34. The van der Waals surface area contributed by atoms with Gasteiger partial charge >= 0.3 is 0 Å². The molecule has 2 amide bonds. The molecule has 0 aliphatic rings. The van der Waals surface area contributed by atoms with Gasteiger partial charge in [-0.1, -0.05) is 28.1 Å². The Balaban J connectivity index is 1.79. The molecule has 178 valence electrons. The summed E-state index contributed by atoms with van der Waals surface area (Å²) in [6, 6.07) is 19.5. The molecule has 0 atom stereocenters. The van der Waals surface area contributed by atoms with Crippen LogP contribution in [0.4, 0.5) is 11.4 Å². The van der Waals surface area contributed by atoms with E-state index in [2.05, 4.69) is 42.5 Å². The number of rotatable bonds is 8. The summed E-state index contributed by atoms with van der Waals surface area (Å²) in [5.74, 6) is 0.0267. The lowest BCUT2D eigenvalue weighted by Gasteiger charge is -2.13. The van der Waals surface area contributed by atoms with Crippen LogP contribution in [0.1, 0.15) is 11.1 Å². The molecule has 9 heteroatoms. The fraction of sp³-hybridized carbons (Fsp3) is 0.115. The van der Waals surface area contributed by atoms with E-state index in [9.17, 15) is 14.9 Å². The maximum atomic E-state index is 12.7. The maximum absolute atomic E-state index is 12.7. The van der Waals surface area contributed by atoms with Gasteiger partial charge in [0.2, 0.25) is 0 Å². The number of nitriles is 1. The van der Waals surface area contributed by atoms with Gasteiger partial charge in [-0.3, -0.25) is 9.59 Å². The normalized spacial score (nSPS) is 10.8. The van der Waals surface area contributed by atoms with Crippen LogP contribution in [0.15, 0.2) is 75.2 Å². The van der Waals surface area contributed by atoms with Crippen molar-refractivity contribution in [2.45, 2.75) is 6.92 Å². The molecule has 7 nitrogen and oxygen atoms in total. The van der Waals surface area contributed by atoms with E-state index < -0.39 is 5.91 Å². The topological polar surface area (TPSA) is 100 Å². The average molecular weight is 599 g/mol. The number of hydrogen-bond acceptors (Lipinski definition) is 5. The van der Waals surface area contributed by atoms with Crippen LogP contribution >= 0.6 is 31.9 Å². The number of nitrogens with one attached hydrogen (secondary N) is 2. The van der Waals surface area contributed by atoms with Gasteiger partial charge in [0, 0.05) is 21.4 Å². The Morgan fingerprint density at radius 2 is 1.77 bits per heavy atom. The molecule has 35 heavy (non-hydrogen) atoms. The zero-order chi connectivity index (χ0) is 25.4. The molecule has 0 spiro atoms. The van der Waals surface area contributed by atoms with Crippen LogP contribution in [0, 0.1) is 18.3 Å². The molecule has 0 unspecified atom stereocenters. The third kappa shape index (κ3) is 7.44. The van der Waals surface area contributed by atoms with E-state index in [-0.39, 0.29) is 18.1 Å². The van der Waals surface area contributed by atoms with E-state index >= 15 is 0 Å². The van der Waals surface area contributed by atoms with Crippen molar-refractivity contribution in [1.29, 1.82) is 5.26 Å². The van der Waals surface area contributed by atoms with Gasteiger partial charge in [0.1, 0.15) is 23.1 Å². The van der Waals surface area contributed by atoms with Gasteiger partial charge in [-0.05, 0) is 83.0 Å². The SMILES string of the molecule is COc1ccc(NC(=O)/C(C#N)=C\c2cc(Br)cc(Br)c2OCC(=O)Nc2cccc(C)c2)cc1. The first-order valence-electron chi connectivity index (χ1n) is 10.3. The third-order valence-corrected chi connectivity index (χ3v) is 5.75. The largest absolute Gasteiger partial charge is 0.497 e. The van der Waals surface area contributed by atoms with Crippen LogP contribution in [0.2, 0.25) is 0 Å². The molecular formula is C26H21Br2N3O4. The van der Waals surface area contributed by atoms with Crippen molar-refractivity contribution in [2.75, 3.05) is 24.4 Å². The Morgan fingerprint density at radius 1 is 1.03 bits per heavy atom. The number of nitrogens with zero attached hydrogens (tertiary/aromatic N) is 1. The zero-order valence-corrected chi connectivity index (χ0v) is 22.1. The molecule has 0 radical (unpaired) electrons. The fourth-order valence-electron chi connectivity index (χ4n) is 3.07. The number of hydrogen-bond donors (Lipinski definition) is 2. The van der Waals surface area contributed by atoms with Crippen molar-refractivity contribution in [2.24, 2.45) is 0 Å². The molecule has 2 N–H and O–H groups in total. The highest BCUT2D eigenvalue weighted by molar-refractivity contribution is 9.11. The smallest absolute Gasteiger partial charge is 0.266 e. The number of anilines is 2. The minimum atomic E-state index is -0.586. The number of amides is 2. The van der Waals surface area contributed by atoms with Gasteiger partial charge in [-0.25, -0.2) is 0 Å². The van der Waals surface area contributed by atoms with Gasteiger partial charge < -0.3 is 20.1 Å². The highest BCUT2D eigenvalue weighted by Gasteiger charge is 2.15. The van der Waals surface area contributed by atoms with E-state index in [0.29, 0.717) is 37.4 Å². The summed E-state index contributed by atoms with van der Waals surface area (Å²) in [5.41, 5.74) is 2.49. The molecule has 3 aromatic carbocycles. The third-order valence-electron chi connectivity index (χ3n) is 4.70. The van der Waals surface area contributed by atoms with E-state index in [1.807, 2.05) is 31.2 Å². The summed E-state index contributed by atoms with van der Waals surface area (Å²) in [4.78, 5) is 25.1. The van der Waals surface area contributed by atoms with Crippen LogP contribution in [-0.4, -0.2) is 25.5 Å². The summed E-state index contributed by atoms with van der Waals surface area (Å²) >= 11 is 6.83. The van der Waals surface area contributed by atoms with Crippen LogP contribution in [0.3, 0.4) is 0 Å². The summed E-state index contributed by atoms with van der Waals surface area (Å²) in [6.07, 6.45) is 1.40. The molecule has 0 aromatic heterocycles. The second-order valence-corrected chi connectivity index (χ2v) is 9.13. The van der Waals surface area contributed by atoms with Gasteiger partial charge in [-0.15, -0.1) is 0 Å². The van der Waals surface area contributed by atoms with Crippen LogP contribution in [0.5, 0.6) is 11.5 Å². The fourth-order valence-corrected chi connectivity index (χ4v) is 4.45. The minimum Gasteiger partial charge on any atom is -0.497 e. The lowest BCUT2D eigenvalue weighted by Crippen LogP contribution is -2.20. The maximum Gasteiger partial charge on any atom is 0.266 e. The molecular weight excluding hydrogens is 578 g/mol. The molecule has 0 aliphatic carbocycles. The molecule has 0 bridgehead atoms. The summed E-state index contributed by atoms with van der Waals surface area (Å²) in [5, 5.41) is 15.1. The summed E-state index contributed by atoms with van der Waals surface area (Å²) in [7, 11) is 1.55. The van der Waals surface area contributed by atoms with E-state index in [0.717, 1.165) is 5.56 Å². The predicted octanol–water partition coefficient (Wildman–Crippen LogP) is 6.09. The van der Waals surface area contributed by atoms with Crippen LogP contribution in [0.25, 0.3) is 6.08 Å². The molecule has 3 rings (SSSR count). The van der Waals surface area contributed by atoms with Crippen molar-refractivity contribution in [3.8, 4) is 17.6 Å². The first kappa shape index (κ1) is 26.0. The molecule has 0 saturated carbocycles. The number of benzene rings is 3. The Labute approximate surface area is 220 Å². The van der Waals surface area contributed by atoms with E-state index in [4.69, 9.17) is 9.47 Å². The lowest BCUT2D eigenvalue weighted by molar-refractivity contribution is -0.118. The lowest BCUT2D eigenvalue weighted by atomic mass is 10.1. The van der Waals surface area contributed by atoms with Crippen molar-refractivity contribution < 1.29 is 19.1 Å². The van der Waals surface area contributed by atoms with E-state index in [1.54, 1.807) is 49.6 Å². The number of ether oxygens (including phenoxy) is 2. The number of aryl methyl sites for hydroxylation is 1. The van der Waals surface area contributed by atoms with Crippen molar-refractivity contribution >= 4 is 61.1 Å². The Kier molecular flexibility index (Phi) is 9.06. The quantitative estimate of drug-likeness (QED) is 0.241. The molecule has 0 fully saturated rings. The standard InChI is InChI=1S/C26H21Br2N3O4/c1-16-4-3-5-21(10-16)30-24(32)15-35-25-17(12-19(27)13-23(25)28)11-18(14-29)26(33)31-20-6-8-22(34-2)9-7-20/h3-13H,15H2,1-2H3,(H,30,32)(H,31,33)/b18-11-. The number of carbonyl (C=O) groups excluding carboxylic acids is 2. The summed E-state index contributed by atoms with van der Waals surface area (Å²) in [6.45, 7) is 1.66. The van der Waals surface area contributed by atoms with Gasteiger partial charge in [0.15, 0.2) is 6.61 Å². The molecule has 0 saturated heterocycles. The monoisotopic (exact) mass is 597 g/mol. The number of carbonyl (C=O) groups is 2. The van der Waals surface area contributed by atoms with Crippen LogP contribution in [-0.2, 0) is 9.59 Å². The Bertz CT molecular complexity index is 1320. The van der Waals surface area contributed by atoms with Crippen molar-refractivity contribution in [3.05, 3.63) is 86.3 Å². The second-order valence-electron chi connectivity index (χ2n) is 7.36. The molecule has 3 aromatic rings.